The van der Waals surface area contributed by atoms with Gasteiger partial charge < -0.3 is 19.3 Å². The highest BCUT2D eigenvalue weighted by Crippen LogP contribution is 2.26. The average molecular weight is 344 g/mol. The second-order valence-electron chi connectivity index (χ2n) is 3.37. The number of esters is 2. The molecule has 6 nitrogen and oxygen atoms in total. The Balaban J connectivity index is 2.76. The Morgan fingerprint density at radius 2 is 1.75 bits per heavy atom. The lowest BCUT2D eigenvalue weighted by molar-refractivity contribution is -0.174. The van der Waals surface area contributed by atoms with Crippen LogP contribution in [-0.4, -0.2) is 46.1 Å². The number of aliphatic hydroxyl groups is 1. The number of ether oxygens (including phenoxy) is 3. The zero-order valence-electron chi connectivity index (χ0n) is 8.88. The molecule has 7 heteroatoms. The summed E-state index contributed by atoms with van der Waals surface area (Å²) in [6.07, 6.45) is -3.44. The van der Waals surface area contributed by atoms with E-state index in [1.54, 1.807) is 0 Å². The van der Waals surface area contributed by atoms with Crippen molar-refractivity contribution in [1.29, 1.82) is 0 Å². The molecular weight excluding hydrogens is 331 g/mol. The molecule has 0 spiro atoms. The van der Waals surface area contributed by atoms with Crippen molar-refractivity contribution in [3.8, 4) is 0 Å². The molecule has 1 rings (SSSR count). The van der Waals surface area contributed by atoms with Crippen molar-refractivity contribution in [1.82, 2.24) is 0 Å². The molecule has 0 saturated carbocycles. The van der Waals surface area contributed by atoms with Crippen LogP contribution >= 0.6 is 22.6 Å². The van der Waals surface area contributed by atoms with Crippen molar-refractivity contribution in [2.75, 3.05) is 4.43 Å². The molecule has 0 aromatic rings. The average Bonchev–Trinajstić information content (AvgIpc) is 2.44. The molecule has 1 aliphatic rings. The summed E-state index contributed by atoms with van der Waals surface area (Å²) in [6.45, 7) is 2.47. The van der Waals surface area contributed by atoms with Crippen LogP contribution in [0.15, 0.2) is 0 Å². The molecular formula is C9H13IO6. The van der Waals surface area contributed by atoms with Crippen LogP contribution in [0.4, 0.5) is 0 Å². The summed E-state index contributed by atoms with van der Waals surface area (Å²) in [5, 5.41) is 9.53. The van der Waals surface area contributed by atoms with Gasteiger partial charge in [0, 0.05) is 18.3 Å². The van der Waals surface area contributed by atoms with Crippen LogP contribution in [0.2, 0.25) is 0 Å². The van der Waals surface area contributed by atoms with Crippen LogP contribution in [0, 0.1) is 0 Å². The van der Waals surface area contributed by atoms with Gasteiger partial charge in [0.05, 0.1) is 0 Å². The topological polar surface area (TPSA) is 82.1 Å². The van der Waals surface area contributed by atoms with Crippen molar-refractivity contribution in [2.24, 2.45) is 0 Å². The summed E-state index contributed by atoms with van der Waals surface area (Å²) in [4.78, 5) is 21.7. The highest BCUT2D eigenvalue weighted by molar-refractivity contribution is 14.1. The second-order valence-corrected chi connectivity index (χ2v) is 4.25. The summed E-state index contributed by atoms with van der Waals surface area (Å²) >= 11 is 2.04. The van der Waals surface area contributed by atoms with E-state index in [1.165, 1.54) is 13.8 Å². The van der Waals surface area contributed by atoms with Crippen LogP contribution in [0.25, 0.3) is 0 Å². The molecule has 1 aliphatic heterocycles. The van der Waals surface area contributed by atoms with Gasteiger partial charge in [-0.1, -0.05) is 22.6 Å². The van der Waals surface area contributed by atoms with Crippen molar-refractivity contribution < 1.29 is 28.9 Å². The molecule has 0 radical (unpaired) electrons. The maximum absolute atomic E-state index is 10.9. The molecule has 0 aromatic heterocycles. The monoisotopic (exact) mass is 344 g/mol. The van der Waals surface area contributed by atoms with Gasteiger partial charge in [-0.25, -0.2) is 0 Å². The SMILES string of the molecule is CC(=O)O[C@@H]1[C@H](OC(C)=O)[C@@H](CI)O[C@H]1O. The number of rotatable bonds is 3. The molecule has 92 valence electrons. The maximum Gasteiger partial charge on any atom is 0.303 e. The summed E-state index contributed by atoms with van der Waals surface area (Å²) < 4.78 is 15.5. The minimum absolute atomic E-state index is 0.469. The molecule has 0 bridgehead atoms. The first kappa shape index (κ1) is 13.7. The first-order valence-corrected chi connectivity index (χ1v) is 6.22. The van der Waals surface area contributed by atoms with Gasteiger partial charge in [0.15, 0.2) is 18.5 Å². The maximum atomic E-state index is 10.9. The van der Waals surface area contributed by atoms with Gasteiger partial charge in [0.25, 0.3) is 0 Å². The summed E-state index contributed by atoms with van der Waals surface area (Å²) in [6, 6.07) is 0. The molecule has 1 saturated heterocycles. The van der Waals surface area contributed by atoms with Crippen LogP contribution in [-0.2, 0) is 23.8 Å². The zero-order valence-corrected chi connectivity index (χ0v) is 11.0. The fourth-order valence-electron chi connectivity index (χ4n) is 1.48. The van der Waals surface area contributed by atoms with Gasteiger partial charge in [-0.2, -0.15) is 0 Å². The van der Waals surface area contributed by atoms with E-state index >= 15 is 0 Å². The Hall–Kier alpha value is -0.410. The third-order valence-corrected chi connectivity index (χ3v) is 2.91. The predicted molar refractivity (Wildman–Crippen MR) is 60.9 cm³/mol. The fraction of sp³-hybridized carbons (Fsp3) is 0.778. The third kappa shape index (κ3) is 3.29. The quantitative estimate of drug-likeness (QED) is 0.441. The smallest absolute Gasteiger partial charge is 0.303 e. The van der Waals surface area contributed by atoms with Crippen LogP contribution in [0.5, 0.6) is 0 Å². The van der Waals surface area contributed by atoms with Gasteiger partial charge in [0.2, 0.25) is 0 Å². The molecule has 16 heavy (non-hydrogen) atoms. The van der Waals surface area contributed by atoms with E-state index in [0.29, 0.717) is 4.43 Å². The van der Waals surface area contributed by atoms with Gasteiger partial charge in [-0.05, 0) is 0 Å². The fourth-order valence-corrected chi connectivity index (χ4v) is 2.19. The summed E-state index contributed by atoms with van der Waals surface area (Å²) in [5.41, 5.74) is 0. The Bertz CT molecular complexity index is 281. The standard InChI is InChI=1S/C9H13IO6/c1-4(11)14-7-6(3-10)16-9(13)8(7)15-5(2)12/h6-9,13H,3H2,1-2H3/t6-,7-,8-,9-/m1/s1. The van der Waals surface area contributed by atoms with Crippen LogP contribution in [0.1, 0.15) is 13.8 Å². The van der Waals surface area contributed by atoms with Crippen molar-refractivity contribution in [3.63, 3.8) is 0 Å². The van der Waals surface area contributed by atoms with Crippen LogP contribution in [0.3, 0.4) is 0 Å². The Morgan fingerprint density at radius 1 is 1.25 bits per heavy atom. The van der Waals surface area contributed by atoms with E-state index in [1.807, 2.05) is 22.6 Å². The van der Waals surface area contributed by atoms with Gasteiger partial charge in [-0.15, -0.1) is 0 Å². The van der Waals surface area contributed by atoms with Crippen LogP contribution < -0.4 is 0 Å². The normalized spacial score (nSPS) is 33.5. The second kappa shape index (κ2) is 5.78. The Kier molecular flexibility index (Phi) is 4.93. The molecule has 1 heterocycles. The number of hydrogen-bond donors (Lipinski definition) is 1. The van der Waals surface area contributed by atoms with Crippen molar-refractivity contribution in [2.45, 2.75) is 38.4 Å². The van der Waals surface area contributed by atoms with Crippen molar-refractivity contribution >= 4 is 34.5 Å². The number of hydrogen-bond acceptors (Lipinski definition) is 6. The zero-order chi connectivity index (χ0) is 12.3. The molecule has 0 aliphatic carbocycles. The molecule has 4 atom stereocenters. The third-order valence-electron chi connectivity index (χ3n) is 2.04. The summed E-state index contributed by atoms with van der Waals surface area (Å²) in [5.74, 6) is -1.06. The lowest BCUT2D eigenvalue weighted by Crippen LogP contribution is -2.40. The number of halogens is 1. The van der Waals surface area contributed by atoms with E-state index in [2.05, 4.69) is 0 Å². The van der Waals surface area contributed by atoms with Crippen molar-refractivity contribution in [3.05, 3.63) is 0 Å². The lowest BCUT2D eigenvalue weighted by Gasteiger charge is -2.21. The van der Waals surface area contributed by atoms with Gasteiger partial charge in [-0.3, -0.25) is 9.59 Å². The highest BCUT2D eigenvalue weighted by atomic mass is 127. The Morgan fingerprint density at radius 3 is 2.19 bits per heavy atom. The van der Waals surface area contributed by atoms with E-state index < -0.39 is 36.5 Å². The van der Waals surface area contributed by atoms with Gasteiger partial charge >= 0.3 is 11.9 Å². The van der Waals surface area contributed by atoms with E-state index in [9.17, 15) is 14.7 Å². The molecule has 0 unspecified atom stereocenters. The lowest BCUT2D eigenvalue weighted by atomic mass is 10.1. The molecule has 1 N–H and O–H groups in total. The Labute approximate surface area is 106 Å². The highest BCUT2D eigenvalue weighted by Gasteiger charge is 2.47. The minimum atomic E-state index is -1.26. The predicted octanol–water partition coefficient (Wildman–Crippen LogP) is 0.00200. The molecule has 1 fully saturated rings. The molecule has 0 amide bonds. The van der Waals surface area contributed by atoms with E-state index in [-0.39, 0.29) is 0 Å². The first-order valence-electron chi connectivity index (χ1n) is 4.69. The van der Waals surface area contributed by atoms with E-state index in [0.717, 1.165) is 0 Å². The number of carbonyl (C=O) groups is 2. The van der Waals surface area contributed by atoms with Gasteiger partial charge in [0.1, 0.15) is 6.10 Å². The summed E-state index contributed by atoms with van der Waals surface area (Å²) in [7, 11) is 0. The minimum Gasteiger partial charge on any atom is -0.456 e. The number of carbonyl (C=O) groups excluding carboxylic acids is 2. The number of aliphatic hydroxyl groups excluding tert-OH is 1. The largest absolute Gasteiger partial charge is 0.456 e. The number of alkyl halides is 1. The first-order chi connectivity index (χ1) is 7.45. The molecule has 0 aromatic carbocycles. The van der Waals surface area contributed by atoms with E-state index in [4.69, 9.17) is 14.2 Å².